The zero-order valence-electron chi connectivity index (χ0n) is 8.63. The normalized spacial score (nSPS) is 12.3. The summed E-state index contributed by atoms with van der Waals surface area (Å²) in [6, 6.07) is 3.70. The van der Waals surface area contributed by atoms with Crippen LogP contribution in [0.15, 0.2) is 35.3 Å². The van der Waals surface area contributed by atoms with Gasteiger partial charge in [0.05, 0.1) is 23.7 Å². The van der Waals surface area contributed by atoms with Crippen LogP contribution in [-0.4, -0.2) is 16.6 Å². The number of aliphatic hydroxyl groups excluding tert-OH is 1. The first kappa shape index (κ1) is 10.9. The molecule has 1 unspecified atom stereocenters. The van der Waals surface area contributed by atoms with Crippen molar-refractivity contribution in [3.8, 4) is 0 Å². The Kier molecular flexibility index (Phi) is 3.38. The van der Waals surface area contributed by atoms with Crippen molar-refractivity contribution >= 4 is 22.7 Å². The van der Waals surface area contributed by atoms with Gasteiger partial charge in [-0.05, 0) is 28.5 Å². The lowest BCUT2D eigenvalue weighted by Crippen LogP contribution is -2.12. The number of hydrogen-bond donors (Lipinski definition) is 3. The molecule has 84 valence electrons. The fraction of sp³-hybridized carbons (Fsp3) is 0.182. The highest BCUT2D eigenvalue weighted by Gasteiger charge is 2.07. The molecule has 0 radical (unpaired) electrons. The van der Waals surface area contributed by atoms with E-state index in [0.29, 0.717) is 12.2 Å². The SMILES string of the molecule is Nc1cnccc1NCC(O)c1ccsc1. The molecule has 4 nitrogen and oxygen atoms in total. The highest BCUT2D eigenvalue weighted by molar-refractivity contribution is 7.07. The Balaban J connectivity index is 1.95. The molecule has 2 aromatic heterocycles. The van der Waals surface area contributed by atoms with Crippen molar-refractivity contribution in [2.24, 2.45) is 0 Å². The van der Waals surface area contributed by atoms with Gasteiger partial charge in [0.25, 0.3) is 0 Å². The molecule has 0 aromatic carbocycles. The number of nitrogen functional groups attached to an aromatic ring is 1. The maximum absolute atomic E-state index is 9.85. The maximum Gasteiger partial charge on any atom is 0.0970 e. The molecule has 4 N–H and O–H groups in total. The van der Waals surface area contributed by atoms with Crippen molar-refractivity contribution in [2.75, 3.05) is 17.6 Å². The van der Waals surface area contributed by atoms with E-state index in [1.165, 1.54) is 0 Å². The molecule has 2 heterocycles. The molecule has 16 heavy (non-hydrogen) atoms. The number of aromatic nitrogens is 1. The fourth-order valence-corrected chi connectivity index (χ4v) is 2.06. The lowest BCUT2D eigenvalue weighted by Gasteiger charge is -2.12. The van der Waals surface area contributed by atoms with Gasteiger partial charge in [-0.25, -0.2) is 0 Å². The van der Waals surface area contributed by atoms with E-state index in [9.17, 15) is 5.11 Å². The number of thiophene rings is 1. The van der Waals surface area contributed by atoms with E-state index in [2.05, 4.69) is 10.3 Å². The van der Waals surface area contributed by atoms with Crippen LogP contribution in [0.2, 0.25) is 0 Å². The summed E-state index contributed by atoms with van der Waals surface area (Å²) in [6.45, 7) is 0.435. The first-order chi connectivity index (χ1) is 7.77. The van der Waals surface area contributed by atoms with Crippen LogP contribution in [-0.2, 0) is 0 Å². The Hall–Kier alpha value is -1.59. The molecule has 0 amide bonds. The van der Waals surface area contributed by atoms with Gasteiger partial charge in [-0.15, -0.1) is 0 Å². The third kappa shape index (κ3) is 2.50. The van der Waals surface area contributed by atoms with E-state index < -0.39 is 6.10 Å². The second-order valence-electron chi connectivity index (χ2n) is 3.42. The van der Waals surface area contributed by atoms with Gasteiger partial charge in [0.15, 0.2) is 0 Å². The van der Waals surface area contributed by atoms with Gasteiger partial charge in [-0.2, -0.15) is 11.3 Å². The minimum Gasteiger partial charge on any atom is -0.396 e. The van der Waals surface area contributed by atoms with Gasteiger partial charge < -0.3 is 16.2 Å². The predicted octanol–water partition coefficient (Wildman–Crippen LogP) is 1.87. The molecule has 0 aliphatic heterocycles. The molecule has 2 rings (SSSR count). The van der Waals surface area contributed by atoms with Crippen molar-refractivity contribution < 1.29 is 5.11 Å². The predicted molar refractivity (Wildman–Crippen MR) is 66.4 cm³/mol. The van der Waals surface area contributed by atoms with Crippen LogP contribution in [0.25, 0.3) is 0 Å². The number of hydrogen-bond acceptors (Lipinski definition) is 5. The molecule has 0 saturated heterocycles. The molecule has 0 saturated carbocycles. The highest BCUT2D eigenvalue weighted by atomic mass is 32.1. The summed E-state index contributed by atoms with van der Waals surface area (Å²) in [7, 11) is 0. The highest BCUT2D eigenvalue weighted by Crippen LogP contribution is 2.19. The molecule has 0 aliphatic rings. The van der Waals surface area contributed by atoms with Crippen molar-refractivity contribution in [3.63, 3.8) is 0 Å². The van der Waals surface area contributed by atoms with Crippen molar-refractivity contribution in [1.29, 1.82) is 0 Å². The molecule has 0 aliphatic carbocycles. The van der Waals surface area contributed by atoms with Crippen LogP contribution in [0.1, 0.15) is 11.7 Å². The Morgan fingerprint density at radius 1 is 1.50 bits per heavy atom. The third-order valence-corrected chi connectivity index (χ3v) is 2.97. The van der Waals surface area contributed by atoms with Gasteiger partial charge in [0, 0.05) is 12.7 Å². The minimum atomic E-state index is -0.515. The van der Waals surface area contributed by atoms with Gasteiger partial charge in [0.2, 0.25) is 0 Å². The van der Waals surface area contributed by atoms with E-state index in [4.69, 9.17) is 5.73 Å². The Bertz CT molecular complexity index is 444. The largest absolute Gasteiger partial charge is 0.396 e. The average Bonchev–Trinajstić information content (AvgIpc) is 2.81. The summed E-state index contributed by atoms with van der Waals surface area (Å²) >= 11 is 1.57. The van der Waals surface area contributed by atoms with E-state index in [-0.39, 0.29) is 0 Å². The Morgan fingerprint density at radius 3 is 3.06 bits per heavy atom. The van der Waals surface area contributed by atoms with Crippen molar-refractivity contribution in [2.45, 2.75) is 6.10 Å². The second-order valence-corrected chi connectivity index (χ2v) is 4.20. The number of aliphatic hydroxyl groups is 1. The summed E-state index contributed by atoms with van der Waals surface area (Å²) in [5.74, 6) is 0. The Labute approximate surface area is 97.8 Å². The Morgan fingerprint density at radius 2 is 2.38 bits per heavy atom. The molecular formula is C11H13N3OS. The number of rotatable bonds is 4. The zero-order chi connectivity index (χ0) is 11.4. The summed E-state index contributed by atoms with van der Waals surface area (Å²) in [6.07, 6.45) is 2.73. The van der Waals surface area contributed by atoms with E-state index in [1.807, 2.05) is 16.8 Å². The average molecular weight is 235 g/mol. The van der Waals surface area contributed by atoms with Gasteiger partial charge in [-0.1, -0.05) is 0 Å². The van der Waals surface area contributed by atoms with Crippen LogP contribution >= 0.6 is 11.3 Å². The molecule has 2 aromatic rings. The van der Waals surface area contributed by atoms with Crippen LogP contribution < -0.4 is 11.1 Å². The number of nitrogens with one attached hydrogen (secondary N) is 1. The lowest BCUT2D eigenvalue weighted by atomic mass is 10.2. The summed E-state index contributed by atoms with van der Waals surface area (Å²) in [5, 5.41) is 16.8. The quantitative estimate of drug-likeness (QED) is 0.756. The molecule has 0 fully saturated rings. The third-order valence-electron chi connectivity index (χ3n) is 2.27. The van der Waals surface area contributed by atoms with Crippen LogP contribution in [0, 0.1) is 0 Å². The van der Waals surface area contributed by atoms with Crippen LogP contribution in [0.5, 0.6) is 0 Å². The fourth-order valence-electron chi connectivity index (χ4n) is 1.36. The van der Waals surface area contributed by atoms with E-state index in [0.717, 1.165) is 11.3 Å². The number of anilines is 2. The molecule has 1 atom stereocenters. The van der Waals surface area contributed by atoms with Crippen LogP contribution in [0.4, 0.5) is 11.4 Å². The first-order valence-electron chi connectivity index (χ1n) is 4.91. The summed E-state index contributed by atoms with van der Waals surface area (Å²) in [4.78, 5) is 3.90. The minimum absolute atomic E-state index is 0.435. The standard InChI is InChI=1S/C11H13N3OS/c12-9-5-13-3-1-10(9)14-6-11(15)8-2-4-16-7-8/h1-5,7,11,15H,6,12H2,(H,13,14). The second kappa shape index (κ2) is 4.96. The number of nitrogens with zero attached hydrogens (tertiary/aromatic N) is 1. The zero-order valence-corrected chi connectivity index (χ0v) is 9.45. The molecule has 0 bridgehead atoms. The maximum atomic E-state index is 9.85. The number of nitrogens with two attached hydrogens (primary N) is 1. The van der Waals surface area contributed by atoms with Gasteiger partial charge in [-0.3, -0.25) is 4.98 Å². The number of pyridine rings is 1. The van der Waals surface area contributed by atoms with Gasteiger partial charge in [0.1, 0.15) is 0 Å². The smallest absolute Gasteiger partial charge is 0.0970 e. The first-order valence-corrected chi connectivity index (χ1v) is 5.85. The van der Waals surface area contributed by atoms with E-state index in [1.54, 1.807) is 29.8 Å². The lowest BCUT2D eigenvalue weighted by molar-refractivity contribution is 0.192. The summed E-state index contributed by atoms with van der Waals surface area (Å²) < 4.78 is 0. The van der Waals surface area contributed by atoms with Crippen molar-refractivity contribution in [1.82, 2.24) is 4.98 Å². The van der Waals surface area contributed by atoms with Crippen LogP contribution in [0.3, 0.4) is 0 Å². The van der Waals surface area contributed by atoms with Crippen molar-refractivity contribution in [3.05, 3.63) is 40.8 Å². The molecule has 0 spiro atoms. The van der Waals surface area contributed by atoms with Gasteiger partial charge >= 0.3 is 0 Å². The topological polar surface area (TPSA) is 71.2 Å². The monoisotopic (exact) mass is 235 g/mol. The molecule has 5 heteroatoms. The molecular weight excluding hydrogens is 222 g/mol. The van der Waals surface area contributed by atoms with E-state index >= 15 is 0 Å². The summed E-state index contributed by atoms with van der Waals surface area (Å²) in [5.41, 5.74) is 8.02.